The van der Waals surface area contributed by atoms with Crippen LogP contribution in [0, 0.1) is 35.6 Å². The minimum Gasteiger partial charge on any atom is -0.379 e. The number of nitro groups is 1. The molecule has 0 saturated carbocycles. The standard InChI is InChI=1S/C14H13F2N3O2/c1-8-6-18-13(9(2)14(8)19(20)21)7-17-12-4-10(15)3-11(16)5-12/h3-6,17H,7H2,1-2H3. The van der Waals surface area contributed by atoms with E-state index in [9.17, 15) is 18.9 Å². The lowest BCUT2D eigenvalue weighted by atomic mass is 10.1. The molecule has 1 heterocycles. The Balaban J connectivity index is 2.24. The number of halogens is 2. The summed E-state index contributed by atoms with van der Waals surface area (Å²) in [6.45, 7) is 3.34. The molecule has 0 aliphatic heterocycles. The van der Waals surface area contributed by atoms with E-state index < -0.39 is 16.6 Å². The molecule has 0 fully saturated rings. The van der Waals surface area contributed by atoms with Gasteiger partial charge in [0.2, 0.25) is 0 Å². The Morgan fingerprint density at radius 3 is 2.43 bits per heavy atom. The SMILES string of the molecule is Cc1cnc(CNc2cc(F)cc(F)c2)c(C)c1[N+](=O)[O-]. The number of nitrogens with zero attached hydrogens (tertiary/aromatic N) is 2. The van der Waals surface area contributed by atoms with Crippen LogP contribution in [-0.2, 0) is 6.54 Å². The van der Waals surface area contributed by atoms with E-state index in [4.69, 9.17) is 0 Å². The molecule has 7 heteroatoms. The molecule has 0 amide bonds. The summed E-state index contributed by atoms with van der Waals surface area (Å²) in [7, 11) is 0. The molecular weight excluding hydrogens is 280 g/mol. The quantitative estimate of drug-likeness (QED) is 0.692. The lowest BCUT2D eigenvalue weighted by molar-refractivity contribution is -0.386. The zero-order valence-electron chi connectivity index (χ0n) is 11.5. The van der Waals surface area contributed by atoms with Gasteiger partial charge in [0.15, 0.2) is 0 Å². The van der Waals surface area contributed by atoms with Gasteiger partial charge in [0.05, 0.1) is 22.7 Å². The Morgan fingerprint density at radius 1 is 1.24 bits per heavy atom. The Kier molecular flexibility index (Phi) is 4.11. The molecule has 1 aromatic heterocycles. The molecule has 5 nitrogen and oxygen atoms in total. The van der Waals surface area contributed by atoms with Crippen LogP contribution in [0.15, 0.2) is 24.4 Å². The highest BCUT2D eigenvalue weighted by molar-refractivity contribution is 5.49. The van der Waals surface area contributed by atoms with Gasteiger partial charge < -0.3 is 5.32 Å². The van der Waals surface area contributed by atoms with Crippen LogP contribution >= 0.6 is 0 Å². The highest BCUT2D eigenvalue weighted by Gasteiger charge is 2.18. The monoisotopic (exact) mass is 293 g/mol. The summed E-state index contributed by atoms with van der Waals surface area (Å²) in [5, 5.41) is 13.8. The largest absolute Gasteiger partial charge is 0.379 e. The highest BCUT2D eigenvalue weighted by Crippen LogP contribution is 2.24. The number of rotatable bonds is 4. The second-order valence-corrected chi connectivity index (χ2v) is 4.63. The number of pyridine rings is 1. The van der Waals surface area contributed by atoms with Crippen molar-refractivity contribution in [1.82, 2.24) is 4.98 Å². The fourth-order valence-corrected chi connectivity index (χ4v) is 2.07. The second kappa shape index (κ2) is 5.82. The molecule has 0 spiro atoms. The topological polar surface area (TPSA) is 68.1 Å². The van der Waals surface area contributed by atoms with E-state index in [1.54, 1.807) is 13.8 Å². The third-order valence-electron chi connectivity index (χ3n) is 3.08. The molecule has 1 N–H and O–H groups in total. The Hall–Kier alpha value is -2.57. The number of hydrogen-bond acceptors (Lipinski definition) is 4. The van der Waals surface area contributed by atoms with Crippen LogP contribution in [0.2, 0.25) is 0 Å². The summed E-state index contributed by atoms with van der Waals surface area (Å²) >= 11 is 0. The van der Waals surface area contributed by atoms with Crippen molar-refractivity contribution in [3.8, 4) is 0 Å². The molecule has 0 unspecified atom stereocenters. The van der Waals surface area contributed by atoms with E-state index in [0.717, 1.165) is 18.2 Å². The van der Waals surface area contributed by atoms with Crippen molar-refractivity contribution in [1.29, 1.82) is 0 Å². The normalized spacial score (nSPS) is 10.5. The first-order valence-corrected chi connectivity index (χ1v) is 6.18. The van der Waals surface area contributed by atoms with E-state index in [0.29, 0.717) is 16.8 Å². The lowest BCUT2D eigenvalue weighted by Crippen LogP contribution is -2.07. The zero-order chi connectivity index (χ0) is 15.6. The highest BCUT2D eigenvalue weighted by atomic mass is 19.1. The molecule has 0 saturated heterocycles. The molecule has 0 radical (unpaired) electrons. The average molecular weight is 293 g/mol. The molecule has 21 heavy (non-hydrogen) atoms. The number of anilines is 1. The van der Waals surface area contributed by atoms with Crippen molar-refractivity contribution in [2.24, 2.45) is 0 Å². The fraction of sp³-hybridized carbons (Fsp3) is 0.214. The van der Waals surface area contributed by atoms with Crippen LogP contribution in [0.5, 0.6) is 0 Å². The van der Waals surface area contributed by atoms with E-state index in [2.05, 4.69) is 10.3 Å². The molecule has 0 aliphatic rings. The van der Waals surface area contributed by atoms with Crippen molar-refractivity contribution in [2.45, 2.75) is 20.4 Å². The van der Waals surface area contributed by atoms with Crippen LogP contribution < -0.4 is 5.32 Å². The minimum atomic E-state index is -0.697. The third-order valence-corrected chi connectivity index (χ3v) is 3.08. The van der Waals surface area contributed by atoms with E-state index in [1.165, 1.54) is 6.20 Å². The number of hydrogen-bond donors (Lipinski definition) is 1. The van der Waals surface area contributed by atoms with Gasteiger partial charge >= 0.3 is 0 Å². The average Bonchev–Trinajstić information content (AvgIpc) is 2.36. The first-order chi connectivity index (χ1) is 9.88. The maximum atomic E-state index is 13.1. The number of aromatic nitrogens is 1. The van der Waals surface area contributed by atoms with Gasteiger partial charge in [-0.25, -0.2) is 8.78 Å². The summed E-state index contributed by atoms with van der Waals surface area (Å²) in [5.74, 6) is -1.39. The summed E-state index contributed by atoms with van der Waals surface area (Å²) in [5.41, 5.74) is 1.61. The Morgan fingerprint density at radius 2 is 1.86 bits per heavy atom. The van der Waals surface area contributed by atoms with E-state index in [1.807, 2.05) is 0 Å². The molecule has 0 aliphatic carbocycles. The molecule has 0 bridgehead atoms. The summed E-state index contributed by atoms with van der Waals surface area (Å²) in [4.78, 5) is 14.7. The predicted octanol–water partition coefficient (Wildman–Crippen LogP) is 3.50. The van der Waals surface area contributed by atoms with Crippen LogP contribution in [0.3, 0.4) is 0 Å². The Bertz CT molecular complexity index is 685. The van der Waals surface area contributed by atoms with Gasteiger partial charge in [-0.3, -0.25) is 15.1 Å². The van der Waals surface area contributed by atoms with Crippen LogP contribution in [-0.4, -0.2) is 9.91 Å². The molecule has 0 atom stereocenters. The number of aryl methyl sites for hydroxylation is 1. The maximum absolute atomic E-state index is 13.1. The van der Waals surface area contributed by atoms with Crippen LogP contribution in [0.4, 0.5) is 20.2 Å². The maximum Gasteiger partial charge on any atom is 0.278 e. The summed E-state index contributed by atoms with van der Waals surface area (Å²) in [6.07, 6.45) is 1.41. The first kappa shape index (κ1) is 14.8. The molecule has 2 rings (SSSR count). The van der Waals surface area contributed by atoms with Gasteiger partial charge in [-0.2, -0.15) is 0 Å². The third kappa shape index (κ3) is 3.31. The zero-order valence-corrected chi connectivity index (χ0v) is 11.5. The van der Waals surface area contributed by atoms with Gasteiger partial charge in [0.25, 0.3) is 5.69 Å². The second-order valence-electron chi connectivity index (χ2n) is 4.63. The Labute approximate surface area is 119 Å². The minimum absolute atomic E-state index is 0.00669. The van der Waals surface area contributed by atoms with Crippen molar-refractivity contribution in [3.63, 3.8) is 0 Å². The fourth-order valence-electron chi connectivity index (χ4n) is 2.07. The number of benzene rings is 1. The molecule has 110 valence electrons. The molecule has 2 aromatic rings. The van der Waals surface area contributed by atoms with Crippen LogP contribution in [0.25, 0.3) is 0 Å². The van der Waals surface area contributed by atoms with Crippen LogP contribution in [0.1, 0.15) is 16.8 Å². The van der Waals surface area contributed by atoms with Gasteiger partial charge in [-0.1, -0.05) is 0 Å². The van der Waals surface area contributed by atoms with Gasteiger partial charge in [0.1, 0.15) is 11.6 Å². The smallest absolute Gasteiger partial charge is 0.278 e. The number of nitrogens with one attached hydrogen (secondary N) is 1. The van der Waals surface area contributed by atoms with E-state index in [-0.39, 0.29) is 17.9 Å². The van der Waals surface area contributed by atoms with Crippen molar-refractivity contribution in [3.05, 3.63) is 63.0 Å². The lowest BCUT2D eigenvalue weighted by Gasteiger charge is -2.10. The van der Waals surface area contributed by atoms with Gasteiger partial charge in [-0.15, -0.1) is 0 Å². The van der Waals surface area contributed by atoms with Crippen molar-refractivity contribution < 1.29 is 13.7 Å². The first-order valence-electron chi connectivity index (χ1n) is 6.18. The molecule has 1 aromatic carbocycles. The summed E-state index contributed by atoms with van der Waals surface area (Å²) < 4.78 is 26.1. The van der Waals surface area contributed by atoms with E-state index >= 15 is 0 Å². The van der Waals surface area contributed by atoms with Crippen molar-refractivity contribution in [2.75, 3.05) is 5.32 Å². The van der Waals surface area contributed by atoms with Gasteiger partial charge in [-0.05, 0) is 26.0 Å². The predicted molar refractivity (Wildman–Crippen MR) is 74.1 cm³/mol. The molecular formula is C14H13F2N3O2. The van der Waals surface area contributed by atoms with Crippen molar-refractivity contribution >= 4 is 11.4 Å². The van der Waals surface area contributed by atoms with Gasteiger partial charge in [0, 0.05) is 23.5 Å². The summed E-state index contributed by atoms with van der Waals surface area (Å²) in [6, 6.07) is 3.05.